The van der Waals surface area contributed by atoms with Crippen molar-refractivity contribution in [2.24, 2.45) is 0 Å². The molecule has 1 aromatic carbocycles. The second-order valence-corrected chi connectivity index (χ2v) is 7.13. The lowest BCUT2D eigenvalue weighted by molar-refractivity contribution is -0.384. The van der Waals surface area contributed by atoms with Gasteiger partial charge in [0.1, 0.15) is 5.69 Å². The maximum atomic E-state index is 12.5. The molecule has 22 heavy (non-hydrogen) atoms. The van der Waals surface area contributed by atoms with Crippen LogP contribution in [0.3, 0.4) is 0 Å². The summed E-state index contributed by atoms with van der Waals surface area (Å²) in [6.07, 6.45) is 1.99. The summed E-state index contributed by atoms with van der Waals surface area (Å²) in [5.74, 6) is 0. The van der Waals surface area contributed by atoms with Gasteiger partial charge in [0.25, 0.3) is 5.69 Å². The maximum Gasteiger partial charge on any atom is 0.293 e. The molecule has 0 spiro atoms. The monoisotopic (exact) mass is 327 g/mol. The molecule has 122 valence electrons. The third-order valence-electron chi connectivity index (χ3n) is 3.93. The predicted octanol–water partition coefficient (Wildman–Crippen LogP) is 2.23. The molecule has 1 heterocycles. The molecule has 0 aliphatic carbocycles. The fourth-order valence-electron chi connectivity index (χ4n) is 2.75. The molecule has 0 radical (unpaired) electrons. The Labute approximate surface area is 130 Å². The van der Waals surface area contributed by atoms with E-state index in [1.165, 1.54) is 16.4 Å². The smallest absolute Gasteiger partial charge is 0.293 e. The third kappa shape index (κ3) is 3.07. The summed E-state index contributed by atoms with van der Waals surface area (Å²) in [5.41, 5.74) is 0.358. The van der Waals surface area contributed by atoms with E-state index < -0.39 is 14.9 Å². The summed E-state index contributed by atoms with van der Waals surface area (Å²) < 4.78 is 26.3. The third-order valence-corrected chi connectivity index (χ3v) is 5.98. The van der Waals surface area contributed by atoms with E-state index >= 15 is 0 Å². The van der Waals surface area contributed by atoms with E-state index in [1.54, 1.807) is 19.9 Å². The lowest BCUT2D eigenvalue weighted by atomic mass is 10.2. The van der Waals surface area contributed by atoms with Crippen LogP contribution in [-0.4, -0.2) is 43.8 Å². The van der Waals surface area contributed by atoms with Crippen molar-refractivity contribution >= 4 is 21.4 Å². The van der Waals surface area contributed by atoms with Crippen LogP contribution in [0, 0.1) is 10.1 Å². The molecule has 0 N–H and O–H groups in total. The molecule has 7 nitrogen and oxygen atoms in total. The molecular weight excluding hydrogens is 306 g/mol. The standard InChI is InChI=1S/C14H21N3O4S/c1-3-16(4-2)22(20,21)12-7-8-13(14(11-12)17(18)19)15-9-5-6-10-15/h7-8,11H,3-6,9-10H2,1-2H3. The summed E-state index contributed by atoms with van der Waals surface area (Å²) in [7, 11) is -3.69. The first-order valence-corrected chi connectivity index (χ1v) is 8.89. The lowest BCUT2D eigenvalue weighted by Gasteiger charge is -2.20. The summed E-state index contributed by atoms with van der Waals surface area (Å²) in [5, 5.41) is 11.3. The summed E-state index contributed by atoms with van der Waals surface area (Å²) in [6.45, 7) is 5.69. The molecule has 8 heteroatoms. The van der Waals surface area contributed by atoms with E-state index in [1.807, 2.05) is 4.90 Å². The van der Waals surface area contributed by atoms with Crippen molar-refractivity contribution in [3.8, 4) is 0 Å². The summed E-state index contributed by atoms with van der Waals surface area (Å²) in [4.78, 5) is 12.7. The van der Waals surface area contributed by atoms with E-state index in [0.29, 0.717) is 18.8 Å². The molecule has 0 unspecified atom stereocenters. The molecular formula is C14H21N3O4S. The molecule has 0 bridgehead atoms. The van der Waals surface area contributed by atoms with Crippen molar-refractivity contribution in [3.05, 3.63) is 28.3 Å². The van der Waals surface area contributed by atoms with Crippen LogP contribution in [0.15, 0.2) is 23.1 Å². The van der Waals surface area contributed by atoms with Crippen LogP contribution in [0.4, 0.5) is 11.4 Å². The minimum Gasteiger partial charge on any atom is -0.366 e. The van der Waals surface area contributed by atoms with Crippen LogP contribution in [0.1, 0.15) is 26.7 Å². The van der Waals surface area contributed by atoms with Gasteiger partial charge in [0, 0.05) is 32.2 Å². The zero-order valence-electron chi connectivity index (χ0n) is 12.9. The summed E-state index contributed by atoms with van der Waals surface area (Å²) in [6, 6.07) is 4.20. The quantitative estimate of drug-likeness (QED) is 0.591. The van der Waals surface area contributed by atoms with Crippen molar-refractivity contribution in [3.63, 3.8) is 0 Å². The van der Waals surface area contributed by atoms with Gasteiger partial charge in [-0.2, -0.15) is 4.31 Å². The van der Waals surface area contributed by atoms with Gasteiger partial charge >= 0.3 is 0 Å². The molecule has 0 amide bonds. The van der Waals surface area contributed by atoms with Crippen molar-refractivity contribution in [2.75, 3.05) is 31.1 Å². The molecule has 0 atom stereocenters. The highest BCUT2D eigenvalue weighted by Crippen LogP contribution is 2.33. The van der Waals surface area contributed by atoms with Gasteiger partial charge in [0.15, 0.2) is 0 Å². The van der Waals surface area contributed by atoms with Crippen LogP contribution in [-0.2, 0) is 10.0 Å². The van der Waals surface area contributed by atoms with Crippen LogP contribution in [0.25, 0.3) is 0 Å². The number of anilines is 1. The maximum absolute atomic E-state index is 12.5. The number of benzene rings is 1. The van der Waals surface area contributed by atoms with Crippen LogP contribution >= 0.6 is 0 Å². The topological polar surface area (TPSA) is 83.8 Å². The number of nitrogens with zero attached hydrogens (tertiary/aromatic N) is 3. The predicted molar refractivity (Wildman–Crippen MR) is 84.7 cm³/mol. The normalized spacial score (nSPS) is 15.5. The van der Waals surface area contributed by atoms with Gasteiger partial charge < -0.3 is 4.90 Å². The Balaban J connectivity index is 2.47. The number of hydrogen-bond donors (Lipinski definition) is 0. The molecule has 1 aliphatic rings. The highest BCUT2D eigenvalue weighted by molar-refractivity contribution is 7.89. The number of nitro groups is 1. The van der Waals surface area contributed by atoms with Gasteiger partial charge in [-0.15, -0.1) is 0 Å². The zero-order chi connectivity index (χ0) is 16.3. The highest BCUT2D eigenvalue weighted by atomic mass is 32.2. The van der Waals surface area contributed by atoms with Gasteiger partial charge in [0.2, 0.25) is 10.0 Å². The van der Waals surface area contributed by atoms with Gasteiger partial charge in [-0.25, -0.2) is 8.42 Å². The first-order chi connectivity index (χ1) is 10.4. The Morgan fingerprint density at radius 1 is 1.23 bits per heavy atom. The lowest BCUT2D eigenvalue weighted by Crippen LogP contribution is -2.30. The minimum absolute atomic E-state index is 0.0224. The Hall–Kier alpha value is -1.67. The number of hydrogen-bond acceptors (Lipinski definition) is 5. The van der Waals surface area contributed by atoms with E-state index in [-0.39, 0.29) is 10.6 Å². The van der Waals surface area contributed by atoms with Crippen molar-refractivity contribution in [1.29, 1.82) is 0 Å². The Kier molecular flexibility index (Phi) is 5.02. The van der Waals surface area contributed by atoms with Crippen LogP contribution in [0.2, 0.25) is 0 Å². The second kappa shape index (κ2) is 6.62. The average Bonchev–Trinajstić information content (AvgIpc) is 3.01. The zero-order valence-corrected chi connectivity index (χ0v) is 13.7. The van der Waals surface area contributed by atoms with Crippen molar-refractivity contribution in [1.82, 2.24) is 4.31 Å². The molecule has 1 fully saturated rings. The molecule has 0 saturated carbocycles. The first-order valence-electron chi connectivity index (χ1n) is 7.45. The SMILES string of the molecule is CCN(CC)S(=O)(=O)c1ccc(N2CCCC2)c([N+](=O)[O-])c1. The van der Waals surface area contributed by atoms with Crippen LogP contribution in [0.5, 0.6) is 0 Å². The number of sulfonamides is 1. The Bertz CT molecular complexity index is 650. The van der Waals surface area contributed by atoms with Gasteiger partial charge in [-0.05, 0) is 25.0 Å². The Morgan fingerprint density at radius 2 is 1.82 bits per heavy atom. The van der Waals surface area contributed by atoms with Gasteiger partial charge in [0.05, 0.1) is 9.82 Å². The molecule has 1 aliphatic heterocycles. The fraction of sp³-hybridized carbons (Fsp3) is 0.571. The molecule has 1 aromatic rings. The highest BCUT2D eigenvalue weighted by Gasteiger charge is 2.28. The molecule has 1 saturated heterocycles. The van der Waals surface area contributed by atoms with Crippen molar-refractivity contribution < 1.29 is 13.3 Å². The Morgan fingerprint density at radius 3 is 2.32 bits per heavy atom. The molecule has 2 rings (SSSR count). The van der Waals surface area contributed by atoms with Crippen molar-refractivity contribution in [2.45, 2.75) is 31.6 Å². The molecule has 0 aromatic heterocycles. The van der Waals surface area contributed by atoms with E-state index in [2.05, 4.69) is 0 Å². The fourth-order valence-corrected chi connectivity index (χ4v) is 4.23. The largest absolute Gasteiger partial charge is 0.366 e. The first kappa shape index (κ1) is 16.7. The number of nitro benzene ring substituents is 1. The summed E-state index contributed by atoms with van der Waals surface area (Å²) >= 11 is 0. The van der Waals surface area contributed by atoms with E-state index in [9.17, 15) is 18.5 Å². The van der Waals surface area contributed by atoms with E-state index in [0.717, 1.165) is 25.9 Å². The second-order valence-electron chi connectivity index (χ2n) is 5.19. The number of rotatable bonds is 6. The van der Waals surface area contributed by atoms with E-state index in [4.69, 9.17) is 0 Å². The van der Waals surface area contributed by atoms with Gasteiger partial charge in [-0.1, -0.05) is 13.8 Å². The van der Waals surface area contributed by atoms with Gasteiger partial charge in [-0.3, -0.25) is 10.1 Å². The average molecular weight is 327 g/mol. The van der Waals surface area contributed by atoms with Crippen LogP contribution < -0.4 is 4.90 Å². The minimum atomic E-state index is -3.69.